The average Bonchev–Trinajstić information content (AvgIpc) is 3.10. The van der Waals surface area contributed by atoms with Gasteiger partial charge in [0.15, 0.2) is 0 Å². The Kier molecular flexibility index (Phi) is 3.31. The van der Waals surface area contributed by atoms with Crippen molar-refractivity contribution in [2.75, 3.05) is 0 Å². The van der Waals surface area contributed by atoms with Gasteiger partial charge in [0, 0.05) is 5.31 Å². The van der Waals surface area contributed by atoms with E-state index in [4.69, 9.17) is 9.31 Å². The highest BCUT2D eigenvalue weighted by atomic mass is 16.7. The highest BCUT2D eigenvalue weighted by Gasteiger charge is 2.57. The molecular formula is C24H25BO2. The van der Waals surface area contributed by atoms with Crippen LogP contribution in [0.3, 0.4) is 0 Å². The van der Waals surface area contributed by atoms with Gasteiger partial charge in [0.1, 0.15) is 0 Å². The molecule has 0 aromatic heterocycles. The SMILES string of the molecule is CC1(B2OC(C)(C)C(C)(C)O2)C=c2c(c3ccccc3c3ccccc23)=C1. The van der Waals surface area contributed by atoms with E-state index >= 15 is 0 Å². The van der Waals surface area contributed by atoms with Gasteiger partial charge in [0.2, 0.25) is 0 Å². The van der Waals surface area contributed by atoms with E-state index in [0.717, 1.165) is 0 Å². The van der Waals surface area contributed by atoms with E-state index < -0.39 is 0 Å². The van der Waals surface area contributed by atoms with Gasteiger partial charge in [-0.2, -0.15) is 0 Å². The molecule has 0 spiro atoms. The largest absolute Gasteiger partial charge is 0.472 e. The van der Waals surface area contributed by atoms with Crippen LogP contribution in [-0.2, 0) is 9.31 Å². The fourth-order valence-electron chi connectivity index (χ4n) is 4.40. The first-order chi connectivity index (χ1) is 12.7. The van der Waals surface area contributed by atoms with Gasteiger partial charge in [-0.25, -0.2) is 0 Å². The smallest absolute Gasteiger partial charge is 0.402 e. The van der Waals surface area contributed by atoms with Gasteiger partial charge in [0.05, 0.1) is 11.2 Å². The lowest BCUT2D eigenvalue weighted by Crippen LogP contribution is -2.41. The Morgan fingerprint density at radius 1 is 0.593 bits per heavy atom. The number of benzene rings is 3. The molecule has 0 N–H and O–H groups in total. The topological polar surface area (TPSA) is 18.5 Å². The fraction of sp³-hybridized carbons (Fsp3) is 0.333. The van der Waals surface area contributed by atoms with Crippen molar-refractivity contribution in [2.45, 2.75) is 51.1 Å². The van der Waals surface area contributed by atoms with Crippen molar-refractivity contribution < 1.29 is 9.31 Å². The molecule has 1 aliphatic heterocycles. The molecule has 136 valence electrons. The molecule has 1 heterocycles. The lowest BCUT2D eigenvalue weighted by atomic mass is 9.59. The maximum absolute atomic E-state index is 6.42. The van der Waals surface area contributed by atoms with Crippen molar-refractivity contribution >= 4 is 40.8 Å². The molecule has 1 fully saturated rings. The Balaban J connectivity index is 1.80. The second-order valence-corrected chi connectivity index (χ2v) is 9.16. The van der Waals surface area contributed by atoms with Crippen molar-refractivity contribution in [3.63, 3.8) is 0 Å². The molecule has 2 nitrogen and oxygen atoms in total. The van der Waals surface area contributed by atoms with Crippen molar-refractivity contribution in [3.05, 3.63) is 59.0 Å². The minimum atomic E-state index is -0.332. The number of rotatable bonds is 1. The molecule has 5 rings (SSSR count). The molecule has 3 aromatic rings. The number of fused-ring (bicyclic) bond motifs is 6. The van der Waals surface area contributed by atoms with Crippen LogP contribution in [0.4, 0.5) is 0 Å². The van der Waals surface area contributed by atoms with E-state index in [0.29, 0.717) is 0 Å². The van der Waals surface area contributed by atoms with E-state index in [9.17, 15) is 0 Å². The first-order valence-electron chi connectivity index (χ1n) is 9.73. The van der Waals surface area contributed by atoms with Gasteiger partial charge in [-0.15, -0.1) is 0 Å². The summed E-state index contributed by atoms with van der Waals surface area (Å²) in [5.41, 5.74) is -0.664. The number of hydrogen-bond donors (Lipinski definition) is 0. The molecule has 3 aromatic carbocycles. The van der Waals surface area contributed by atoms with Crippen LogP contribution in [0.15, 0.2) is 48.5 Å². The van der Waals surface area contributed by atoms with Crippen molar-refractivity contribution in [3.8, 4) is 0 Å². The van der Waals surface area contributed by atoms with E-state index in [1.165, 1.54) is 32.0 Å². The van der Waals surface area contributed by atoms with Gasteiger partial charge in [-0.1, -0.05) is 67.6 Å². The Hall–Kier alpha value is -2.10. The molecule has 0 saturated carbocycles. The third-order valence-corrected chi connectivity index (χ3v) is 6.69. The third kappa shape index (κ3) is 2.28. The molecule has 0 bridgehead atoms. The fourth-order valence-corrected chi connectivity index (χ4v) is 4.40. The van der Waals surface area contributed by atoms with Gasteiger partial charge in [-0.05, 0) is 59.7 Å². The van der Waals surface area contributed by atoms with E-state index in [-0.39, 0.29) is 23.6 Å². The first-order valence-corrected chi connectivity index (χ1v) is 9.73. The van der Waals surface area contributed by atoms with Crippen molar-refractivity contribution in [1.82, 2.24) is 0 Å². The second-order valence-electron chi connectivity index (χ2n) is 9.16. The Bertz CT molecular complexity index is 1120. The monoisotopic (exact) mass is 356 g/mol. The van der Waals surface area contributed by atoms with Gasteiger partial charge in [-0.3, -0.25) is 0 Å². The molecular weight excluding hydrogens is 331 g/mol. The lowest BCUT2D eigenvalue weighted by Gasteiger charge is -2.32. The molecule has 0 amide bonds. The van der Waals surface area contributed by atoms with Crippen LogP contribution < -0.4 is 10.4 Å². The summed E-state index contributed by atoms with van der Waals surface area (Å²) in [5.74, 6) is 0. The van der Waals surface area contributed by atoms with Crippen LogP contribution in [0.1, 0.15) is 34.6 Å². The number of hydrogen-bond acceptors (Lipinski definition) is 2. The molecule has 0 unspecified atom stereocenters. The predicted octanol–water partition coefficient (Wildman–Crippen LogP) is 4.42. The Morgan fingerprint density at radius 3 is 1.37 bits per heavy atom. The zero-order valence-corrected chi connectivity index (χ0v) is 16.7. The molecule has 0 radical (unpaired) electrons. The van der Waals surface area contributed by atoms with Crippen molar-refractivity contribution in [2.24, 2.45) is 0 Å². The van der Waals surface area contributed by atoms with Gasteiger partial charge < -0.3 is 9.31 Å². The standard InChI is InChI=1S/C24H25BO2/c1-22(2)23(3,4)27-25(26-22)24(5)14-20-18-12-8-6-10-16(18)17-11-7-9-13-19(17)21(20)15-24/h6-15H,1-5H3. The summed E-state index contributed by atoms with van der Waals surface area (Å²) in [5, 5.41) is 7.47. The van der Waals surface area contributed by atoms with Crippen molar-refractivity contribution in [1.29, 1.82) is 0 Å². The van der Waals surface area contributed by atoms with Crippen LogP contribution in [-0.4, -0.2) is 18.3 Å². The molecule has 1 aliphatic carbocycles. The summed E-state index contributed by atoms with van der Waals surface area (Å²) in [6.07, 6.45) is 4.69. The maximum atomic E-state index is 6.42. The normalized spacial score (nSPS) is 21.9. The zero-order valence-electron chi connectivity index (χ0n) is 16.7. The van der Waals surface area contributed by atoms with Crippen LogP contribution >= 0.6 is 0 Å². The quantitative estimate of drug-likeness (QED) is 0.475. The molecule has 1 saturated heterocycles. The summed E-state index contributed by atoms with van der Waals surface area (Å²) in [6.45, 7) is 10.7. The summed E-state index contributed by atoms with van der Waals surface area (Å²) in [6, 6.07) is 17.4. The lowest BCUT2D eigenvalue weighted by molar-refractivity contribution is 0.00578. The summed E-state index contributed by atoms with van der Waals surface area (Å²) in [4.78, 5) is 0. The third-order valence-electron chi connectivity index (χ3n) is 6.69. The van der Waals surface area contributed by atoms with Crippen LogP contribution in [0, 0.1) is 0 Å². The second kappa shape index (κ2) is 5.24. The van der Waals surface area contributed by atoms with E-state index in [2.05, 4.69) is 95.3 Å². The molecule has 3 heteroatoms. The molecule has 0 atom stereocenters. The first kappa shape index (κ1) is 17.0. The Morgan fingerprint density at radius 2 is 0.963 bits per heavy atom. The summed E-state index contributed by atoms with van der Waals surface area (Å²) in [7, 11) is -0.299. The van der Waals surface area contributed by atoms with Crippen LogP contribution in [0.2, 0.25) is 5.31 Å². The molecule has 27 heavy (non-hydrogen) atoms. The summed E-state index contributed by atoms with van der Waals surface area (Å²) >= 11 is 0. The summed E-state index contributed by atoms with van der Waals surface area (Å²) < 4.78 is 12.8. The van der Waals surface area contributed by atoms with Gasteiger partial charge in [0.25, 0.3) is 0 Å². The Labute approximate surface area is 160 Å². The van der Waals surface area contributed by atoms with Crippen LogP contribution in [0.25, 0.3) is 33.7 Å². The predicted molar refractivity (Wildman–Crippen MR) is 114 cm³/mol. The maximum Gasteiger partial charge on any atom is 0.472 e. The highest BCUT2D eigenvalue weighted by molar-refractivity contribution is 6.54. The highest BCUT2D eigenvalue weighted by Crippen LogP contribution is 2.47. The average molecular weight is 356 g/mol. The van der Waals surface area contributed by atoms with Crippen LogP contribution in [0.5, 0.6) is 0 Å². The minimum Gasteiger partial charge on any atom is -0.402 e. The van der Waals surface area contributed by atoms with E-state index in [1.54, 1.807) is 0 Å². The minimum absolute atomic E-state index is 0.299. The zero-order chi connectivity index (χ0) is 19.0. The van der Waals surface area contributed by atoms with Gasteiger partial charge >= 0.3 is 7.12 Å². The molecule has 2 aliphatic rings. The van der Waals surface area contributed by atoms with E-state index in [1.807, 2.05) is 0 Å².